The summed E-state index contributed by atoms with van der Waals surface area (Å²) in [5.74, 6) is -0.506. The van der Waals surface area contributed by atoms with Gasteiger partial charge in [-0.05, 0) is 32.4 Å². The predicted octanol–water partition coefficient (Wildman–Crippen LogP) is 2.73. The number of ether oxygens (including phenoxy) is 1. The van der Waals surface area contributed by atoms with Gasteiger partial charge >= 0.3 is 6.09 Å². The lowest BCUT2D eigenvalue weighted by atomic mass is 10.2. The Morgan fingerprint density at radius 2 is 1.96 bits per heavy atom. The fourth-order valence-electron chi connectivity index (χ4n) is 2.47. The van der Waals surface area contributed by atoms with Crippen LogP contribution in [0.5, 0.6) is 0 Å². The first-order valence-electron chi connectivity index (χ1n) is 8.04. The standard InChI is InChI=1S/C18H20N4O3/c1-18(2,3)25-17(24)21-11-7-10-14-15(16(21)23)19-20-22(14)12-13-8-5-4-6-9-13/h4-10H,11-12H2,1-3H3. The first-order chi connectivity index (χ1) is 11.8. The van der Waals surface area contributed by atoms with E-state index in [0.29, 0.717) is 12.2 Å². The van der Waals surface area contributed by atoms with Crippen molar-refractivity contribution >= 4 is 18.1 Å². The fourth-order valence-corrected chi connectivity index (χ4v) is 2.47. The molecule has 25 heavy (non-hydrogen) atoms. The third kappa shape index (κ3) is 3.76. The summed E-state index contributed by atoms with van der Waals surface area (Å²) in [5, 5.41) is 8.06. The van der Waals surface area contributed by atoms with Crippen LogP contribution >= 0.6 is 0 Å². The highest BCUT2D eigenvalue weighted by atomic mass is 16.6. The van der Waals surface area contributed by atoms with Crippen molar-refractivity contribution in [2.24, 2.45) is 0 Å². The minimum atomic E-state index is -0.687. The molecule has 0 saturated heterocycles. The Bertz CT molecular complexity index is 819. The second kappa shape index (κ2) is 6.51. The fraction of sp³-hybridized carbons (Fsp3) is 0.333. The van der Waals surface area contributed by atoms with Crippen molar-refractivity contribution in [3.63, 3.8) is 0 Å². The lowest BCUT2D eigenvalue weighted by Gasteiger charge is -2.24. The molecule has 2 aromatic rings. The molecule has 130 valence electrons. The summed E-state index contributed by atoms with van der Waals surface area (Å²) in [7, 11) is 0. The van der Waals surface area contributed by atoms with Crippen molar-refractivity contribution in [1.82, 2.24) is 19.9 Å². The number of imide groups is 1. The average molecular weight is 340 g/mol. The predicted molar refractivity (Wildman–Crippen MR) is 91.9 cm³/mol. The van der Waals surface area contributed by atoms with Gasteiger partial charge in [0.2, 0.25) is 0 Å². The first kappa shape index (κ1) is 16.9. The number of fused-ring (bicyclic) bond motifs is 1. The van der Waals surface area contributed by atoms with Crippen LogP contribution in [0.1, 0.15) is 42.5 Å². The minimum Gasteiger partial charge on any atom is -0.443 e. The van der Waals surface area contributed by atoms with Gasteiger partial charge in [-0.25, -0.2) is 14.4 Å². The lowest BCUT2D eigenvalue weighted by molar-refractivity contribution is 0.0260. The van der Waals surface area contributed by atoms with Crippen molar-refractivity contribution < 1.29 is 14.3 Å². The molecule has 0 N–H and O–H groups in total. The molecule has 1 aromatic carbocycles. The Morgan fingerprint density at radius 3 is 2.64 bits per heavy atom. The van der Waals surface area contributed by atoms with Crippen LogP contribution in [-0.4, -0.2) is 44.0 Å². The summed E-state index contributed by atoms with van der Waals surface area (Å²) in [6.45, 7) is 5.89. The highest BCUT2D eigenvalue weighted by Crippen LogP contribution is 2.19. The van der Waals surface area contributed by atoms with Gasteiger partial charge in [0.05, 0.1) is 18.8 Å². The lowest BCUT2D eigenvalue weighted by Crippen LogP contribution is -2.40. The maximum absolute atomic E-state index is 12.7. The Labute approximate surface area is 145 Å². The zero-order valence-corrected chi connectivity index (χ0v) is 14.5. The molecule has 0 atom stereocenters. The molecule has 1 aliphatic heterocycles. The summed E-state index contributed by atoms with van der Waals surface area (Å²) >= 11 is 0. The summed E-state index contributed by atoms with van der Waals surface area (Å²) in [4.78, 5) is 26.0. The molecule has 0 spiro atoms. The van der Waals surface area contributed by atoms with Gasteiger partial charge in [-0.3, -0.25) is 4.79 Å². The van der Waals surface area contributed by atoms with Gasteiger partial charge in [-0.15, -0.1) is 5.10 Å². The number of hydrogen-bond acceptors (Lipinski definition) is 5. The number of rotatable bonds is 2. The Hall–Kier alpha value is -2.96. The average Bonchev–Trinajstić information content (AvgIpc) is 2.84. The molecule has 3 rings (SSSR count). The van der Waals surface area contributed by atoms with Crippen LogP contribution in [0.25, 0.3) is 6.08 Å². The van der Waals surface area contributed by atoms with E-state index < -0.39 is 17.6 Å². The zero-order valence-electron chi connectivity index (χ0n) is 14.5. The molecule has 0 bridgehead atoms. The molecule has 2 heterocycles. The third-order valence-electron chi connectivity index (χ3n) is 3.57. The third-order valence-corrected chi connectivity index (χ3v) is 3.57. The summed E-state index contributed by atoms with van der Waals surface area (Å²) in [5.41, 5.74) is 1.10. The summed E-state index contributed by atoms with van der Waals surface area (Å²) in [6, 6.07) is 9.77. The maximum Gasteiger partial charge on any atom is 0.417 e. The van der Waals surface area contributed by atoms with Crippen molar-refractivity contribution in [3.8, 4) is 0 Å². The smallest absolute Gasteiger partial charge is 0.417 e. The van der Waals surface area contributed by atoms with Gasteiger partial charge < -0.3 is 4.74 Å². The number of aromatic nitrogens is 3. The number of amides is 2. The number of carbonyl (C=O) groups is 2. The first-order valence-corrected chi connectivity index (χ1v) is 8.04. The van der Waals surface area contributed by atoms with Crippen LogP contribution in [0, 0.1) is 0 Å². The Balaban J connectivity index is 1.86. The largest absolute Gasteiger partial charge is 0.443 e. The molecule has 1 aliphatic rings. The van der Waals surface area contributed by atoms with Crippen LogP contribution < -0.4 is 0 Å². The van der Waals surface area contributed by atoms with Gasteiger partial charge in [0.15, 0.2) is 5.69 Å². The van der Waals surface area contributed by atoms with Crippen LogP contribution in [-0.2, 0) is 11.3 Å². The second-order valence-corrected chi connectivity index (χ2v) is 6.77. The topological polar surface area (TPSA) is 77.3 Å². The van der Waals surface area contributed by atoms with E-state index in [1.165, 1.54) is 0 Å². The van der Waals surface area contributed by atoms with Gasteiger partial charge in [0.25, 0.3) is 5.91 Å². The Morgan fingerprint density at radius 1 is 1.24 bits per heavy atom. The maximum atomic E-state index is 12.7. The number of carbonyl (C=O) groups excluding carboxylic acids is 2. The van der Waals surface area contributed by atoms with Crippen molar-refractivity contribution in [1.29, 1.82) is 0 Å². The van der Waals surface area contributed by atoms with E-state index in [1.54, 1.807) is 37.6 Å². The number of nitrogens with zero attached hydrogens (tertiary/aromatic N) is 4. The quantitative estimate of drug-likeness (QED) is 0.840. The summed E-state index contributed by atoms with van der Waals surface area (Å²) < 4.78 is 6.95. The monoisotopic (exact) mass is 340 g/mol. The molecule has 7 heteroatoms. The van der Waals surface area contributed by atoms with E-state index in [2.05, 4.69) is 10.3 Å². The normalized spacial score (nSPS) is 14.2. The van der Waals surface area contributed by atoms with Gasteiger partial charge in [0.1, 0.15) is 5.60 Å². The molecular weight excluding hydrogens is 320 g/mol. The molecule has 1 aromatic heterocycles. The van der Waals surface area contributed by atoms with E-state index in [1.807, 2.05) is 30.3 Å². The van der Waals surface area contributed by atoms with E-state index >= 15 is 0 Å². The molecule has 0 aliphatic carbocycles. The van der Waals surface area contributed by atoms with Crippen LogP contribution in [0.3, 0.4) is 0 Å². The van der Waals surface area contributed by atoms with Crippen molar-refractivity contribution in [3.05, 3.63) is 53.4 Å². The highest BCUT2D eigenvalue weighted by Gasteiger charge is 2.32. The zero-order chi connectivity index (χ0) is 18.0. The molecular formula is C18H20N4O3. The number of benzene rings is 1. The van der Waals surface area contributed by atoms with Gasteiger partial charge in [-0.1, -0.05) is 41.6 Å². The molecule has 0 unspecified atom stereocenters. The SMILES string of the molecule is CC(C)(C)OC(=O)N1CC=Cc2c(nnn2Cc2ccccc2)C1=O. The van der Waals surface area contributed by atoms with Crippen molar-refractivity contribution in [2.75, 3.05) is 6.54 Å². The molecule has 2 amide bonds. The van der Waals surface area contributed by atoms with Gasteiger partial charge in [0, 0.05) is 0 Å². The van der Waals surface area contributed by atoms with Crippen LogP contribution in [0.15, 0.2) is 36.4 Å². The Kier molecular flexibility index (Phi) is 4.39. The van der Waals surface area contributed by atoms with Gasteiger partial charge in [-0.2, -0.15) is 0 Å². The van der Waals surface area contributed by atoms with Crippen LogP contribution in [0.2, 0.25) is 0 Å². The molecule has 0 fully saturated rings. The highest BCUT2D eigenvalue weighted by molar-refractivity contribution is 6.04. The van der Waals surface area contributed by atoms with E-state index in [9.17, 15) is 9.59 Å². The van der Waals surface area contributed by atoms with Crippen molar-refractivity contribution in [2.45, 2.75) is 32.9 Å². The van der Waals surface area contributed by atoms with Crippen LogP contribution in [0.4, 0.5) is 4.79 Å². The number of hydrogen-bond donors (Lipinski definition) is 0. The minimum absolute atomic E-state index is 0.134. The second-order valence-electron chi connectivity index (χ2n) is 6.77. The molecule has 7 nitrogen and oxygen atoms in total. The van der Waals surface area contributed by atoms with E-state index in [0.717, 1.165) is 10.5 Å². The summed E-state index contributed by atoms with van der Waals surface area (Å²) in [6.07, 6.45) is 2.81. The molecule has 0 radical (unpaired) electrons. The molecule has 0 saturated carbocycles. The van der Waals surface area contributed by atoms with E-state index in [4.69, 9.17) is 4.74 Å². The van der Waals surface area contributed by atoms with E-state index in [-0.39, 0.29) is 12.2 Å².